The fraction of sp³-hybridized carbons (Fsp3) is 0.200. The molecule has 0 aliphatic carbocycles. The van der Waals surface area contributed by atoms with Crippen LogP contribution >= 0.6 is 22.6 Å². The Morgan fingerprint density at radius 1 is 1.57 bits per heavy atom. The molecular formula is C10H8F3IN6O. The van der Waals surface area contributed by atoms with E-state index in [0.717, 1.165) is 10.9 Å². The molecule has 0 aromatic carbocycles. The van der Waals surface area contributed by atoms with Gasteiger partial charge in [-0.05, 0) is 28.7 Å². The number of carbonyl (C=O) groups is 1. The average molecular weight is 412 g/mol. The van der Waals surface area contributed by atoms with Crippen LogP contribution in [0.3, 0.4) is 0 Å². The van der Waals surface area contributed by atoms with Gasteiger partial charge in [-0.25, -0.2) is 5.43 Å². The lowest BCUT2D eigenvalue weighted by molar-refractivity contribution is -0.142. The summed E-state index contributed by atoms with van der Waals surface area (Å²) in [6.07, 6.45) is -0.549. The number of nitrogens with one attached hydrogen (secondary N) is 2. The van der Waals surface area contributed by atoms with Gasteiger partial charge in [-0.1, -0.05) is 0 Å². The molecule has 2 aromatic rings. The molecule has 112 valence electrons. The highest BCUT2D eigenvalue weighted by atomic mass is 127. The highest BCUT2D eigenvalue weighted by molar-refractivity contribution is 14.1. The highest BCUT2D eigenvalue weighted by Crippen LogP contribution is 2.16. The van der Waals surface area contributed by atoms with Crippen LogP contribution < -0.4 is 5.43 Å². The number of alkyl halides is 3. The summed E-state index contributed by atoms with van der Waals surface area (Å²) in [7, 11) is 0. The van der Waals surface area contributed by atoms with E-state index in [1.807, 2.05) is 22.6 Å². The zero-order valence-corrected chi connectivity index (χ0v) is 12.4. The van der Waals surface area contributed by atoms with Crippen molar-refractivity contribution in [3.05, 3.63) is 33.4 Å². The molecule has 0 saturated carbocycles. The van der Waals surface area contributed by atoms with Crippen molar-refractivity contribution in [2.24, 2.45) is 5.10 Å². The van der Waals surface area contributed by atoms with E-state index < -0.39 is 18.6 Å². The van der Waals surface area contributed by atoms with Gasteiger partial charge >= 0.3 is 6.18 Å². The van der Waals surface area contributed by atoms with E-state index in [9.17, 15) is 18.0 Å². The fourth-order valence-corrected chi connectivity index (χ4v) is 1.87. The van der Waals surface area contributed by atoms with Crippen LogP contribution in [0.4, 0.5) is 13.2 Å². The molecule has 2 heterocycles. The molecule has 2 rings (SSSR count). The van der Waals surface area contributed by atoms with Crippen molar-refractivity contribution < 1.29 is 18.0 Å². The molecule has 0 bridgehead atoms. The van der Waals surface area contributed by atoms with Crippen LogP contribution in [0.15, 0.2) is 23.6 Å². The molecule has 0 spiro atoms. The van der Waals surface area contributed by atoms with Crippen LogP contribution in [0.1, 0.15) is 16.2 Å². The minimum Gasteiger partial charge on any atom is -0.272 e. The van der Waals surface area contributed by atoms with Gasteiger partial charge in [-0.15, -0.1) is 0 Å². The van der Waals surface area contributed by atoms with E-state index >= 15 is 0 Å². The van der Waals surface area contributed by atoms with Gasteiger partial charge in [0.05, 0.1) is 16.0 Å². The molecule has 0 aliphatic rings. The smallest absolute Gasteiger partial charge is 0.272 e. The van der Waals surface area contributed by atoms with Gasteiger partial charge in [-0.2, -0.15) is 28.5 Å². The van der Waals surface area contributed by atoms with E-state index in [4.69, 9.17) is 0 Å². The molecule has 0 fully saturated rings. The van der Waals surface area contributed by atoms with Crippen molar-refractivity contribution in [2.45, 2.75) is 12.7 Å². The topological polar surface area (TPSA) is 88.0 Å². The third-order valence-corrected chi connectivity index (χ3v) is 3.00. The quantitative estimate of drug-likeness (QED) is 0.454. The van der Waals surface area contributed by atoms with Crippen LogP contribution in [-0.2, 0) is 6.54 Å². The number of rotatable bonds is 4. The minimum atomic E-state index is -4.34. The Labute approximate surface area is 129 Å². The molecule has 11 heteroatoms. The predicted octanol–water partition coefficient (Wildman–Crippen LogP) is 1.54. The lowest BCUT2D eigenvalue weighted by atomic mass is 10.4. The first-order chi connectivity index (χ1) is 9.85. The number of halogens is 4. The van der Waals surface area contributed by atoms with Gasteiger partial charge in [0.25, 0.3) is 5.91 Å². The average Bonchev–Trinajstić information content (AvgIpc) is 2.96. The van der Waals surface area contributed by atoms with Crippen molar-refractivity contribution in [1.29, 1.82) is 0 Å². The Balaban J connectivity index is 1.93. The Hall–Kier alpha value is -1.92. The van der Waals surface area contributed by atoms with Crippen LogP contribution in [0, 0.1) is 3.57 Å². The van der Waals surface area contributed by atoms with Crippen LogP contribution in [0.5, 0.6) is 0 Å². The van der Waals surface area contributed by atoms with Crippen molar-refractivity contribution in [1.82, 2.24) is 25.4 Å². The molecule has 0 atom stereocenters. The third-order valence-electron chi connectivity index (χ3n) is 2.19. The lowest BCUT2D eigenvalue weighted by Gasteiger charge is -2.04. The zero-order valence-electron chi connectivity index (χ0n) is 10.2. The van der Waals surface area contributed by atoms with E-state index in [0.29, 0.717) is 3.57 Å². The molecule has 0 unspecified atom stereocenters. The number of H-pyrrole nitrogens is 1. The van der Waals surface area contributed by atoms with Crippen LogP contribution in [0.2, 0.25) is 0 Å². The normalized spacial score (nSPS) is 12.0. The molecule has 0 aliphatic heterocycles. The van der Waals surface area contributed by atoms with E-state index in [-0.39, 0.29) is 11.4 Å². The fourth-order valence-electron chi connectivity index (χ4n) is 1.36. The van der Waals surface area contributed by atoms with Gasteiger partial charge in [0.2, 0.25) is 0 Å². The molecule has 21 heavy (non-hydrogen) atoms. The zero-order chi connectivity index (χ0) is 15.5. The SMILES string of the molecule is O=C(NN=Cc1ccn(CC(F)(F)F)n1)c1[nH]ncc1I. The van der Waals surface area contributed by atoms with Gasteiger partial charge in [0.1, 0.15) is 17.9 Å². The van der Waals surface area contributed by atoms with Crippen molar-refractivity contribution in [3.8, 4) is 0 Å². The molecule has 0 saturated heterocycles. The molecule has 2 N–H and O–H groups in total. The monoisotopic (exact) mass is 412 g/mol. The summed E-state index contributed by atoms with van der Waals surface area (Å²) in [5.74, 6) is -0.511. The van der Waals surface area contributed by atoms with Crippen LogP contribution in [-0.4, -0.2) is 38.3 Å². The molecule has 7 nitrogen and oxygen atoms in total. The molecular weight excluding hydrogens is 404 g/mol. The lowest BCUT2D eigenvalue weighted by Crippen LogP contribution is -2.19. The number of carbonyl (C=O) groups excluding carboxylic acids is 1. The molecule has 0 radical (unpaired) electrons. The Bertz CT molecular complexity index is 662. The number of aromatic nitrogens is 4. The summed E-state index contributed by atoms with van der Waals surface area (Å²) in [6, 6.07) is 1.35. The van der Waals surface area contributed by atoms with E-state index in [1.165, 1.54) is 18.5 Å². The summed E-state index contributed by atoms with van der Waals surface area (Å²) in [4.78, 5) is 11.6. The number of hydrazone groups is 1. The summed E-state index contributed by atoms with van der Waals surface area (Å²) >= 11 is 1.92. The Morgan fingerprint density at radius 2 is 2.33 bits per heavy atom. The Kier molecular flexibility index (Phi) is 4.59. The third kappa shape index (κ3) is 4.54. The predicted molar refractivity (Wildman–Crippen MR) is 74.6 cm³/mol. The molecule has 1 amide bonds. The van der Waals surface area contributed by atoms with E-state index in [2.05, 4.69) is 25.8 Å². The summed E-state index contributed by atoms with van der Waals surface area (Å²) in [6.45, 7) is -1.18. The largest absolute Gasteiger partial charge is 0.408 e. The number of hydrogen-bond donors (Lipinski definition) is 2. The van der Waals surface area contributed by atoms with Crippen molar-refractivity contribution in [3.63, 3.8) is 0 Å². The summed E-state index contributed by atoms with van der Waals surface area (Å²) in [5, 5.41) is 13.4. The molecule has 2 aromatic heterocycles. The summed E-state index contributed by atoms with van der Waals surface area (Å²) < 4.78 is 37.8. The van der Waals surface area contributed by atoms with Gasteiger partial charge in [-0.3, -0.25) is 14.6 Å². The number of aromatic amines is 1. The highest BCUT2D eigenvalue weighted by Gasteiger charge is 2.28. The first-order valence-corrected chi connectivity index (χ1v) is 6.55. The van der Waals surface area contributed by atoms with Crippen molar-refractivity contribution in [2.75, 3.05) is 0 Å². The van der Waals surface area contributed by atoms with Gasteiger partial charge in [0.15, 0.2) is 0 Å². The van der Waals surface area contributed by atoms with Gasteiger partial charge < -0.3 is 0 Å². The Morgan fingerprint density at radius 3 is 2.95 bits per heavy atom. The maximum Gasteiger partial charge on any atom is 0.408 e. The maximum atomic E-state index is 12.1. The number of hydrogen-bond acceptors (Lipinski definition) is 4. The standard InChI is InChI=1S/C10H8F3IN6O/c11-10(12,13)5-20-2-1-6(19-20)3-15-18-9(21)8-7(14)4-16-17-8/h1-4H,5H2,(H,16,17)(H,18,21). The van der Waals surface area contributed by atoms with Crippen molar-refractivity contribution >= 4 is 34.7 Å². The van der Waals surface area contributed by atoms with Crippen LogP contribution in [0.25, 0.3) is 0 Å². The number of nitrogens with zero attached hydrogens (tertiary/aromatic N) is 4. The minimum absolute atomic E-state index is 0.193. The number of amides is 1. The second-order valence-electron chi connectivity index (χ2n) is 3.85. The second-order valence-corrected chi connectivity index (χ2v) is 5.01. The second kappa shape index (κ2) is 6.24. The summed E-state index contributed by atoms with van der Waals surface area (Å²) in [5.41, 5.74) is 2.65. The first kappa shape index (κ1) is 15.5. The maximum absolute atomic E-state index is 12.1. The first-order valence-electron chi connectivity index (χ1n) is 5.47. The van der Waals surface area contributed by atoms with Gasteiger partial charge in [0, 0.05) is 6.20 Å². The van der Waals surface area contributed by atoms with E-state index in [1.54, 1.807) is 0 Å².